The lowest BCUT2D eigenvalue weighted by Crippen LogP contribution is -2.49. The molecule has 3 rings (SSSR count). The van der Waals surface area contributed by atoms with Gasteiger partial charge in [-0.2, -0.15) is 0 Å². The van der Waals surface area contributed by atoms with Crippen molar-refractivity contribution in [2.24, 2.45) is 4.99 Å². The number of guanidine groups is 1. The van der Waals surface area contributed by atoms with Gasteiger partial charge < -0.3 is 15.4 Å². The number of hydrogen-bond donors (Lipinski definition) is 2. The van der Waals surface area contributed by atoms with Crippen molar-refractivity contribution in [3.63, 3.8) is 0 Å². The molecule has 162 valence electrons. The number of ether oxygens (including phenoxy) is 1. The van der Waals surface area contributed by atoms with Crippen molar-refractivity contribution in [3.8, 4) is 0 Å². The third kappa shape index (κ3) is 6.50. The maximum Gasteiger partial charge on any atom is 0.191 e. The first-order valence-corrected chi connectivity index (χ1v) is 10.3. The van der Waals surface area contributed by atoms with Crippen molar-refractivity contribution < 1.29 is 13.5 Å². The van der Waals surface area contributed by atoms with Gasteiger partial charge in [0.1, 0.15) is 11.6 Å². The van der Waals surface area contributed by atoms with E-state index < -0.39 is 0 Å². The van der Waals surface area contributed by atoms with Crippen molar-refractivity contribution in [3.05, 3.63) is 71.3 Å². The van der Waals surface area contributed by atoms with Crippen LogP contribution in [0.2, 0.25) is 0 Å². The van der Waals surface area contributed by atoms with Crippen LogP contribution in [0.25, 0.3) is 0 Å². The summed E-state index contributed by atoms with van der Waals surface area (Å²) in [6.07, 6.45) is 1.82. The molecule has 1 atom stereocenters. The van der Waals surface area contributed by atoms with Gasteiger partial charge in [-0.15, -0.1) is 0 Å². The molecule has 1 heterocycles. The molecular formula is C23H30F2N4O. The molecule has 5 nitrogen and oxygen atoms in total. The average molecular weight is 417 g/mol. The second-order valence-corrected chi connectivity index (χ2v) is 7.55. The Bertz CT molecular complexity index is 803. The zero-order valence-electron chi connectivity index (χ0n) is 17.6. The lowest BCUT2D eigenvalue weighted by Gasteiger charge is -2.33. The quantitative estimate of drug-likeness (QED) is 0.536. The van der Waals surface area contributed by atoms with Crippen LogP contribution >= 0.6 is 0 Å². The van der Waals surface area contributed by atoms with Gasteiger partial charge in [0.2, 0.25) is 0 Å². The maximum absolute atomic E-state index is 13.1. The molecule has 0 bridgehead atoms. The zero-order valence-corrected chi connectivity index (χ0v) is 17.6. The van der Waals surface area contributed by atoms with Crippen LogP contribution < -0.4 is 10.6 Å². The van der Waals surface area contributed by atoms with Crippen molar-refractivity contribution in [1.29, 1.82) is 0 Å². The Balaban J connectivity index is 1.43. The van der Waals surface area contributed by atoms with Gasteiger partial charge in [0.25, 0.3) is 0 Å². The number of aliphatic imine (C=N–C) groups is 1. The van der Waals surface area contributed by atoms with Gasteiger partial charge in [-0.1, -0.05) is 24.3 Å². The molecular weight excluding hydrogens is 386 g/mol. The van der Waals surface area contributed by atoms with E-state index in [0.29, 0.717) is 12.6 Å². The Labute approximate surface area is 177 Å². The van der Waals surface area contributed by atoms with E-state index in [1.165, 1.54) is 24.3 Å². The molecule has 7 heteroatoms. The summed E-state index contributed by atoms with van der Waals surface area (Å²) >= 11 is 0. The van der Waals surface area contributed by atoms with E-state index in [4.69, 9.17) is 4.74 Å². The van der Waals surface area contributed by atoms with E-state index in [2.05, 4.69) is 20.5 Å². The van der Waals surface area contributed by atoms with Gasteiger partial charge in [-0.25, -0.2) is 8.78 Å². The molecule has 30 heavy (non-hydrogen) atoms. The summed E-state index contributed by atoms with van der Waals surface area (Å²) in [5.74, 6) is 0.275. The van der Waals surface area contributed by atoms with E-state index in [9.17, 15) is 8.78 Å². The minimum Gasteiger partial charge on any atom is -0.375 e. The molecule has 1 saturated heterocycles. The third-order valence-corrected chi connectivity index (χ3v) is 5.45. The molecule has 0 aromatic heterocycles. The molecule has 1 aliphatic rings. The van der Waals surface area contributed by atoms with E-state index in [1.54, 1.807) is 26.3 Å². The Morgan fingerprint density at radius 2 is 1.67 bits per heavy atom. The first-order valence-electron chi connectivity index (χ1n) is 10.3. The second-order valence-electron chi connectivity index (χ2n) is 7.55. The number of halogens is 2. The van der Waals surface area contributed by atoms with Crippen molar-refractivity contribution in [2.45, 2.75) is 31.5 Å². The Morgan fingerprint density at radius 3 is 2.23 bits per heavy atom. The molecule has 2 aromatic carbocycles. The average Bonchev–Trinajstić information content (AvgIpc) is 2.77. The highest BCUT2D eigenvalue weighted by molar-refractivity contribution is 5.80. The molecule has 0 saturated carbocycles. The molecule has 0 spiro atoms. The normalized spacial score (nSPS) is 17.0. The number of hydrogen-bond acceptors (Lipinski definition) is 3. The molecule has 1 unspecified atom stereocenters. The molecule has 1 fully saturated rings. The highest BCUT2D eigenvalue weighted by atomic mass is 19.1. The summed E-state index contributed by atoms with van der Waals surface area (Å²) in [4.78, 5) is 6.71. The first-order chi connectivity index (χ1) is 14.6. The van der Waals surface area contributed by atoms with E-state index in [-0.39, 0.29) is 17.7 Å². The number of likely N-dealkylation sites (tertiary alicyclic amines) is 1. The first kappa shape index (κ1) is 22.2. The van der Waals surface area contributed by atoms with Crippen LogP contribution in [0.1, 0.15) is 30.1 Å². The molecule has 0 aliphatic carbocycles. The second kappa shape index (κ2) is 11.0. The number of piperidine rings is 1. The summed E-state index contributed by atoms with van der Waals surface area (Å²) < 4.78 is 31.7. The van der Waals surface area contributed by atoms with Gasteiger partial charge in [0.15, 0.2) is 5.96 Å². The summed E-state index contributed by atoms with van der Waals surface area (Å²) in [6.45, 7) is 3.32. The monoisotopic (exact) mass is 416 g/mol. The minimum absolute atomic E-state index is 0.193. The molecule has 1 aliphatic heterocycles. The van der Waals surface area contributed by atoms with Gasteiger partial charge in [0.05, 0.1) is 6.10 Å². The fraction of sp³-hybridized carbons (Fsp3) is 0.435. The highest BCUT2D eigenvalue weighted by Gasteiger charge is 2.20. The van der Waals surface area contributed by atoms with Crippen LogP contribution in [-0.2, 0) is 11.3 Å². The van der Waals surface area contributed by atoms with E-state index in [1.807, 2.05) is 12.1 Å². The van der Waals surface area contributed by atoms with Crippen molar-refractivity contribution >= 4 is 5.96 Å². The molecule has 2 N–H and O–H groups in total. The zero-order chi connectivity index (χ0) is 21.3. The van der Waals surface area contributed by atoms with E-state index in [0.717, 1.165) is 49.6 Å². The number of nitrogens with one attached hydrogen (secondary N) is 2. The lowest BCUT2D eigenvalue weighted by atomic mass is 10.0. The smallest absolute Gasteiger partial charge is 0.191 e. The fourth-order valence-electron chi connectivity index (χ4n) is 3.68. The number of rotatable bonds is 7. The van der Waals surface area contributed by atoms with E-state index >= 15 is 0 Å². The van der Waals surface area contributed by atoms with Gasteiger partial charge in [0, 0.05) is 46.4 Å². The Morgan fingerprint density at radius 1 is 1.07 bits per heavy atom. The fourth-order valence-corrected chi connectivity index (χ4v) is 3.68. The van der Waals surface area contributed by atoms with Crippen LogP contribution in [-0.4, -0.2) is 50.7 Å². The SMILES string of the molecule is CN=C(NCC(OC)c1ccc(F)cc1)NC1CCN(Cc2ccc(F)cc2)CC1. The lowest BCUT2D eigenvalue weighted by molar-refractivity contribution is 0.106. The predicted octanol–water partition coefficient (Wildman–Crippen LogP) is 3.48. The third-order valence-electron chi connectivity index (χ3n) is 5.45. The summed E-state index contributed by atoms with van der Waals surface area (Å²) in [7, 11) is 3.39. The minimum atomic E-state index is -0.259. The van der Waals surface area contributed by atoms with Gasteiger partial charge in [-0.05, 0) is 48.2 Å². The highest BCUT2D eigenvalue weighted by Crippen LogP contribution is 2.17. The topological polar surface area (TPSA) is 48.9 Å². The Hall–Kier alpha value is -2.51. The molecule has 0 radical (unpaired) electrons. The number of nitrogens with zero attached hydrogens (tertiary/aromatic N) is 2. The molecule has 2 aromatic rings. The number of methoxy groups -OCH3 is 1. The standard InChI is InChI=1S/C23H30F2N4O/c1-26-23(27-15-22(30-2)18-5-9-20(25)10-6-18)28-21-11-13-29(14-12-21)16-17-3-7-19(24)8-4-17/h3-10,21-22H,11-16H2,1-2H3,(H2,26,27,28). The Kier molecular flexibility index (Phi) is 8.16. The van der Waals surface area contributed by atoms with Crippen molar-refractivity contribution in [2.75, 3.05) is 33.8 Å². The molecule has 0 amide bonds. The van der Waals surface area contributed by atoms with Crippen LogP contribution in [0, 0.1) is 11.6 Å². The predicted molar refractivity (Wildman–Crippen MR) is 115 cm³/mol. The maximum atomic E-state index is 13.1. The van der Waals surface area contributed by atoms with Gasteiger partial charge >= 0.3 is 0 Å². The summed E-state index contributed by atoms with van der Waals surface area (Å²) in [6, 6.07) is 13.4. The largest absolute Gasteiger partial charge is 0.375 e. The van der Waals surface area contributed by atoms with Crippen LogP contribution in [0.5, 0.6) is 0 Å². The van der Waals surface area contributed by atoms with Crippen molar-refractivity contribution in [1.82, 2.24) is 15.5 Å². The summed E-state index contributed by atoms with van der Waals surface area (Å²) in [5.41, 5.74) is 2.04. The number of benzene rings is 2. The van der Waals surface area contributed by atoms with Crippen LogP contribution in [0.15, 0.2) is 53.5 Å². The summed E-state index contributed by atoms with van der Waals surface area (Å²) in [5, 5.41) is 6.79. The van der Waals surface area contributed by atoms with Gasteiger partial charge in [-0.3, -0.25) is 9.89 Å². The van der Waals surface area contributed by atoms with Crippen LogP contribution in [0.3, 0.4) is 0 Å². The van der Waals surface area contributed by atoms with Crippen LogP contribution in [0.4, 0.5) is 8.78 Å².